The number of rotatable bonds is 3. The van der Waals surface area contributed by atoms with Crippen molar-refractivity contribution in [3.05, 3.63) is 144 Å². The van der Waals surface area contributed by atoms with Crippen molar-refractivity contribution < 1.29 is 0 Å². The molecule has 0 radical (unpaired) electrons. The molecule has 1 aliphatic carbocycles. The molecule has 7 aromatic carbocycles. The average molecular weight is 482 g/mol. The van der Waals surface area contributed by atoms with Gasteiger partial charge in [-0.1, -0.05) is 91.0 Å². The summed E-state index contributed by atoms with van der Waals surface area (Å²) in [5, 5.41) is 10.3. The van der Waals surface area contributed by atoms with Gasteiger partial charge in [0.15, 0.2) is 0 Å². The largest absolute Gasteiger partial charge is 0.310 e. The zero-order valence-electron chi connectivity index (χ0n) is 20.7. The summed E-state index contributed by atoms with van der Waals surface area (Å²) < 4.78 is 0. The third-order valence-corrected chi connectivity index (χ3v) is 7.80. The van der Waals surface area contributed by atoms with Gasteiger partial charge in [-0.05, 0) is 103 Å². The van der Waals surface area contributed by atoms with Crippen LogP contribution in [-0.2, 0) is 0 Å². The number of benzene rings is 7. The van der Waals surface area contributed by atoms with E-state index in [1.807, 2.05) is 0 Å². The van der Waals surface area contributed by atoms with E-state index in [1.165, 1.54) is 54.2 Å². The Balaban J connectivity index is 1.52. The minimum atomic E-state index is 1.14. The predicted octanol–water partition coefficient (Wildman–Crippen LogP) is 10.4. The van der Waals surface area contributed by atoms with E-state index in [0.29, 0.717) is 0 Å². The van der Waals surface area contributed by atoms with Crippen LogP contribution in [0.2, 0.25) is 0 Å². The molecule has 0 saturated heterocycles. The highest BCUT2D eigenvalue weighted by molar-refractivity contribution is 6.34. The molecule has 0 aromatic heterocycles. The molecule has 0 N–H and O–H groups in total. The molecular weight excluding hydrogens is 458 g/mol. The molecule has 0 aliphatic heterocycles. The Morgan fingerprint density at radius 1 is 0.368 bits per heavy atom. The Hall–Kier alpha value is -5.10. The molecular formula is C37H23N. The molecule has 38 heavy (non-hydrogen) atoms. The van der Waals surface area contributed by atoms with Crippen LogP contribution in [0, 0.1) is 0 Å². The van der Waals surface area contributed by atoms with E-state index >= 15 is 0 Å². The van der Waals surface area contributed by atoms with Gasteiger partial charge in [-0.3, -0.25) is 0 Å². The van der Waals surface area contributed by atoms with E-state index in [1.54, 1.807) is 0 Å². The van der Waals surface area contributed by atoms with E-state index in [0.717, 1.165) is 17.1 Å². The topological polar surface area (TPSA) is 3.24 Å². The smallest absolute Gasteiger partial charge is 0.0468 e. The van der Waals surface area contributed by atoms with Gasteiger partial charge in [-0.25, -0.2) is 0 Å². The van der Waals surface area contributed by atoms with Crippen molar-refractivity contribution in [2.24, 2.45) is 0 Å². The van der Waals surface area contributed by atoms with Gasteiger partial charge in [0.25, 0.3) is 0 Å². The van der Waals surface area contributed by atoms with Gasteiger partial charge in [0.05, 0.1) is 0 Å². The SMILES string of the molecule is C1=Cc2c(c3c4ccccc4c4cc(N(c5ccccc5)c5ccccc5)ccc4c3c3ccccc23)C=1. The van der Waals surface area contributed by atoms with Crippen molar-refractivity contribution >= 4 is 72.3 Å². The molecule has 176 valence electrons. The molecule has 1 heteroatoms. The van der Waals surface area contributed by atoms with Gasteiger partial charge >= 0.3 is 0 Å². The van der Waals surface area contributed by atoms with E-state index in [9.17, 15) is 0 Å². The minimum absolute atomic E-state index is 1.14. The standard InChI is InChI=1S/C37H23N/c1-3-12-25(13-4-1)38(26-14-5-2-6-15-26)27-22-23-34-35(24-27)30-17-8-10-19-32(30)36-33-21-11-20-29(33)28-16-7-9-18-31(28)37(34)36/h1-10,12-24H. The van der Waals surface area contributed by atoms with E-state index < -0.39 is 0 Å². The maximum atomic E-state index is 3.39. The summed E-state index contributed by atoms with van der Waals surface area (Å²) in [6.45, 7) is 0. The monoisotopic (exact) mass is 481 g/mol. The lowest BCUT2D eigenvalue weighted by atomic mass is 9.86. The van der Waals surface area contributed by atoms with Gasteiger partial charge in [-0.2, -0.15) is 0 Å². The van der Waals surface area contributed by atoms with Crippen LogP contribution < -0.4 is 4.90 Å². The number of nitrogens with zero attached hydrogens (tertiary/aromatic N) is 1. The van der Waals surface area contributed by atoms with Crippen LogP contribution in [0.25, 0.3) is 55.2 Å². The molecule has 7 aromatic rings. The van der Waals surface area contributed by atoms with Gasteiger partial charge in [0.1, 0.15) is 0 Å². The Labute approximate surface area is 221 Å². The predicted molar refractivity (Wildman–Crippen MR) is 164 cm³/mol. The van der Waals surface area contributed by atoms with Gasteiger partial charge in [-0.15, -0.1) is 5.73 Å². The normalized spacial score (nSPS) is 12.1. The highest BCUT2D eigenvalue weighted by atomic mass is 15.1. The summed E-state index contributed by atoms with van der Waals surface area (Å²) in [5.41, 5.74) is 9.36. The fourth-order valence-electron chi connectivity index (χ4n) is 6.21. The average Bonchev–Trinajstić information content (AvgIpc) is 3.49. The molecule has 0 bridgehead atoms. The number of fused-ring (bicyclic) bond motifs is 11. The first-order valence-electron chi connectivity index (χ1n) is 13.0. The van der Waals surface area contributed by atoms with Gasteiger partial charge in [0, 0.05) is 17.1 Å². The first-order chi connectivity index (χ1) is 18.9. The lowest BCUT2D eigenvalue weighted by Crippen LogP contribution is -2.09. The fourth-order valence-corrected chi connectivity index (χ4v) is 6.21. The van der Waals surface area contributed by atoms with E-state index in [-0.39, 0.29) is 0 Å². The van der Waals surface area contributed by atoms with Crippen molar-refractivity contribution in [2.75, 3.05) is 4.90 Å². The number of hydrogen-bond acceptors (Lipinski definition) is 1. The molecule has 1 nitrogen and oxygen atoms in total. The fraction of sp³-hybridized carbons (Fsp3) is 0. The van der Waals surface area contributed by atoms with Crippen LogP contribution in [0.4, 0.5) is 17.1 Å². The second-order valence-electron chi connectivity index (χ2n) is 9.86. The minimum Gasteiger partial charge on any atom is -0.310 e. The molecule has 0 heterocycles. The zero-order valence-corrected chi connectivity index (χ0v) is 20.7. The summed E-state index contributed by atoms with van der Waals surface area (Å²) in [6, 6.07) is 45.9. The van der Waals surface area contributed by atoms with Crippen molar-refractivity contribution in [2.45, 2.75) is 0 Å². The highest BCUT2D eigenvalue weighted by Crippen LogP contribution is 2.46. The van der Waals surface area contributed by atoms with Crippen LogP contribution in [0.1, 0.15) is 11.1 Å². The number of hydrogen-bond donors (Lipinski definition) is 0. The van der Waals surface area contributed by atoms with E-state index in [2.05, 4.69) is 150 Å². The lowest BCUT2D eigenvalue weighted by molar-refractivity contribution is 1.29. The second kappa shape index (κ2) is 8.21. The number of para-hydroxylation sites is 2. The molecule has 1 aliphatic rings. The zero-order chi connectivity index (χ0) is 25.1. The Morgan fingerprint density at radius 3 is 1.58 bits per heavy atom. The highest BCUT2D eigenvalue weighted by Gasteiger charge is 2.20. The van der Waals surface area contributed by atoms with Gasteiger partial charge < -0.3 is 4.90 Å². The number of anilines is 3. The van der Waals surface area contributed by atoms with Crippen LogP contribution in [0.15, 0.2) is 133 Å². The van der Waals surface area contributed by atoms with Crippen molar-refractivity contribution in [3.8, 4) is 0 Å². The third-order valence-electron chi connectivity index (χ3n) is 7.80. The molecule has 0 spiro atoms. The molecule has 0 atom stereocenters. The Morgan fingerprint density at radius 2 is 0.895 bits per heavy atom. The molecule has 0 amide bonds. The second-order valence-corrected chi connectivity index (χ2v) is 9.86. The summed E-state index contributed by atoms with van der Waals surface area (Å²) in [6.07, 6.45) is 4.29. The van der Waals surface area contributed by atoms with E-state index in [4.69, 9.17) is 0 Å². The quantitative estimate of drug-likeness (QED) is 0.179. The summed E-state index contributed by atoms with van der Waals surface area (Å²) >= 11 is 0. The molecule has 8 rings (SSSR count). The third kappa shape index (κ3) is 3.00. The van der Waals surface area contributed by atoms with Crippen molar-refractivity contribution in [1.82, 2.24) is 0 Å². The molecule has 0 fully saturated rings. The Bertz CT molecular complexity index is 2060. The maximum absolute atomic E-state index is 3.39. The van der Waals surface area contributed by atoms with Crippen LogP contribution in [0.5, 0.6) is 0 Å². The molecule has 0 saturated carbocycles. The maximum Gasteiger partial charge on any atom is 0.0468 e. The Kier molecular flexibility index (Phi) is 4.54. The summed E-state index contributed by atoms with van der Waals surface area (Å²) in [7, 11) is 0. The lowest BCUT2D eigenvalue weighted by Gasteiger charge is -2.26. The molecule has 0 unspecified atom stereocenters. The first-order valence-corrected chi connectivity index (χ1v) is 13.0. The first kappa shape index (κ1) is 21.0. The van der Waals surface area contributed by atoms with Gasteiger partial charge in [0.2, 0.25) is 0 Å². The summed E-state index contributed by atoms with van der Waals surface area (Å²) in [5.74, 6) is 0. The van der Waals surface area contributed by atoms with Crippen molar-refractivity contribution in [1.29, 1.82) is 0 Å². The van der Waals surface area contributed by atoms with Crippen LogP contribution in [-0.4, -0.2) is 0 Å². The van der Waals surface area contributed by atoms with Crippen molar-refractivity contribution in [3.63, 3.8) is 0 Å². The summed E-state index contributed by atoms with van der Waals surface area (Å²) in [4.78, 5) is 2.34. The van der Waals surface area contributed by atoms with Crippen LogP contribution >= 0.6 is 0 Å². The van der Waals surface area contributed by atoms with Crippen LogP contribution in [0.3, 0.4) is 0 Å².